The SMILES string of the molecule is COC(=O)Oc1cnn2c(Cl)c(-c3ncc(Cl)cc3Cl)c(Cl)nc12. The van der Waals surface area contributed by atoms with Crippen LogP contribution in [0.1, 0.15) is 0 Å². The molecule has 3 aromatic rings. The van der Waals surface area contributed by atoms with Gasteiger partial charge in [-0.1, -0.05) is 46.4 Å². The highest BCUT2D eigenvalue weighted by Crippen LogP contribution is 2.38. The molecule has 0 unspecified atom stereocenters. The Bertz CT molecular complexity index is 960. The molecule has 3 rings (SSSR count). The Balaban J connectivity index is 2.20. The minimum atomic E-state index is -0.926. The topological polar surface area (TPSA) is 78.6 Å². The molecule has 0 saturated carbocycles. The lowest BCUT2D eigenvalue weighted by atomic mass is 10.2. The Kier molecular flexibility index (Phi) is 4.69. The molecule has 0 fully saturated rings. The van der Waals surface area contributed by atoms with E-state index in [0.29, 0.717) is 5.02 Å². The lowest BCUT2D eigenvalue weighted by Gasteiger charge is -2.09. The quantitative estimate of drug-likeness (QED) is 0.458. The van der Waals surface area contributed by atoms with Crippen LogP contribution in [-0.2, 0) is 4.74 Å². The molecule has 124 valence electrons. The summed E-state index contributed by atoms with van der Waals surface area (Å²) in [4.78, 5) is 19.5. The Morgan fingerprint density at radius 1 is 1.21 bits per heavy atom. The van der Waals surface area contributed by atoms with Gasteiger partial charge in [0.2, 0.25) is 5.65 Å². The monoisotopic (exact) mass is 406 g/mol. The first-order valence-electron chi connectivity index (χ1n) is 6.22. The molecule has 0 aliphatic rings. The lowest BCUT2D eigenvalue weighted by Crippen LogP contribution is -2.07. The number of fused-ring (bicyclic) bond motifs is 1. The van der Waals surface area contributed by atoms with Crippen LogP contribution < -0.4 is 4.74 Å². The Labute approximate surface area is 155 Å². The van der Waals surface area contributed by atoms with Crippen LogP contribution in [0.4, 0.5) is 4.79 Å². The fraction of sp³-hybridized carbons (Fsp3) is 0.0769. The van der Waals surface area contributed by atoms with Crippen molar-refractivity contribution in [1.29, 1.82) is 0 Å². The van der Waals surface area contributed by atoms with Crippen LogP contribution in [0.3, 0.4) is 0 Å². The average molecular weight is 408 g/mol. The van der Waals surface area contributed by atoms with Gasteiger partial charge in [-0.25, -0.2) is 9.78 Å². The lowest BCUT2D eigenvalue weighted by molar-refractivity contribution is 0.122. The summed E-state index contributed by atoms with van der Waals surface area (Å²) in [6.45, 7) is 0. The van der Waals surface area contributed by atoms with Crippen LogP contribution in [0.15, 0.2) is 18.5 Å². The molecule has 0 aliphatic heterocycles. The van der Waals surface area contributed by atoms with Gasteiger partial charge in [0, 0.05) is 6.20 Å². The Morgan fingerprint density at radius 3 is 2.62 bits per heavy atom. The van der Waals surface area contributed by atoms with Crippen molar-refractivity contribution >= 4 is 58.2 Å². The molecule has 3 aromatic heterocycles. The predicted octanol–water partition coefficient (Wildman–Crippen LogP) is 4.55. The molecule has 0 amide bonds. The first kappa shape index (κ1) is 17.0. The smallest absolute Gasteiger partial charge is 0.437 e. The van der Waals surface area contributed by atoms with E-state index in [2.05, 4.69) is 19.8 Å². The Morgan fingerprint density at radius 2 is 1.96 bits per heavy atom. The summed E-state index contributed by atoms with van der Waals surface area (Å²) in [7, 11) is 1.17. The van der Waals surface area contributed by atoms with Crippen molar-refractivity contribution in [2.24, 2.45) is 0 Å². The van der Waals surface area contributed by atoms with Crippen LogP contribution in [-0.4, -0.2) is 32.8 Å². The molecule has 0 N–H and O–H groups in total. The van der Waals surface area contributed by atoms with E-state index in [1.807, 2.05) is 0 Å². The molecule has 11 heteroatoms. The molecule has 0 bridgehead atoms. The van der Waals surface area contributed by atoms with Gasteiger partial charge in [-0.15, -0.1) is 0 Å². The largest absolute Gasteiger partial charge is 0.513 e. The van der Waals surface area contributed by atoms with E-state index < -0.39 is 6.16 Å². The van der Waals surface area contributed by atoms with Crippen LogP contribution in [0.2, 0.25) is 20.4 Å². The summed E-state index contributed by atoms with van der Waals surface area (Å²) in [6.07, 6.45) is 1.72. The van der Waals surface area contributed by atoms with Crippen molar-refractivity contribution < 1.29 is 14.3 Å². The maximum absolute atomic E-state index is 11.2. The van der Waals surface area contributed by atoms with Crippen LogP contribution in [0.25, 0.3) is 16.9 Å². The van der Waals surface area contributed by atoms with Gasteiger partial charge >= 0.3 is 6.16 Å². The molecular formula is C13H6Cl4N4O3. The van der Waals surface area contributed by atoms with Gasteiger partial charge in [0.15, 0.2) is 5.75 Å². The van der Waals surface area contributed by atoms with Gasteiger partial charge in [-0.3, -0.25) is 4.98 Å². The van der Waals surface area contributed by atoms with Gasteiger partial charge in [-0.05, 0) is 6.07 Å². The third-order valence-corrected chi connectivity index (χ3v) is 4.04. The van der Waals surface area contributed by atoms with E-state index in [0.717, 1.165) is 0 Å². The number of pyridine rings is 1. The van der Waals surface area contributed by atoms with E-state index in [9.17, 15) is 4.79 Å². The summed E-state index contributed by atoms with van der Waals surface area (Å²) in [5, 5.41) is 4.70. The fourth-order valence-corrected chi connectivity index (χ4v) is 3.00. The van der Waals surface area contributed by atoms with Crippen molar-refractivity contribution in [2.45, 2.75) is 0 Å². The van der Waals surface area contributed by atoms with Gasteiger partial charge in [-0.2, -0.15) is 9.61 Å². The molecule has 0 aromatic carbocycles. The van der Waals surface area contributed by atoms with Crippen LogP contribution >= 0.6 is 46.4 Å². The average Bonchev–Trinajstić information content (AvgIpc) is 2.92. The number of hydrogen-bond acceptors (Lipinski definition) is 6. The zero-order chi connectivity index (χ0) is 17.4. The number of carbonyl (C=O) groups is 1. The molecule has 0 spiro atoms. The predicted molar refractivity (Wildman–Crippen MR) is 89.3 cm³/mol. The van der Waals surface area contributed by atoms with E-state index in [4.69, 9.17) is 51.1 Å². The first-order valence-corrected chi connectivity index (χ1v) is 7.73. The maximum atomic E-state index is 11.2. The van der Waals surface area contributed by atoms with Crippen LogP contribution in [0.5, 0.6) is 5.75 Å². The maximum Gasteiger partial charge on any atom is 0.513 e. The second kappa shape index (κ2) is 6.60. The van der Waals surface area contributed by atoms with E-state index in [-0.39, 0.29) is 38.0 Å². The summed E-state index contributed by atoms with van der Waals surface area (Å²) in [5.41, 5.74) is 0.681. The van der Waals surface area contributed by atoms with Gasteiger partial charge < -0.3 is 9.47 Å². The highest BCUT2D eigenvalue weighted by atomic mass is 35.5. The number of hydrogen-bond donors (Lipinski definition) is 0. The highest BCUT2D eigenvalue weighted by Gasteiger charge is 2.22. The minimum Gasteiger partial charge on any atom is -0.437 e. The second-order valence-corrected chi connectivity index (χ2v) is 5.91. The minimum absolute atomic E-state index is 0.000520. The van der Waals surface area contributed by atoms with Crippen LogP contribution in [0, 0.1) is 0 Å². The molecular weight excluding hydrogens is 402 g/mol. The summed E-state index contributed by atoms with van der Waals surface area (Å²) >= 11 is 24.5. The molecule has 0 aliphatic carbocycles. The number of nitrogens with zero attached hydrogens (tertiary/aromatic N) is 4. The number of rotatable bonds is 2. The van der Waals surface area contributed by atoms with Crippen molar-refractivity contribution in [3.63, 3.8) is 0 Å². The second-order valence-electron chi connectivity index (χ2n) is 4.35. The van der Waals surface area contributed by atoms with Crippen molar-refractivity contribution in [2.75, 3.05) is 7.11 Å². The highest BCUT2D eigenvalue weighted by molar-refractivity contribution is 6.40. The van der Waals surface area contributed by atoms with Gasteiger partial charge in [0.1, 0.15) is 10.3 Å². The van der Waals surface area contributed by atoms with E-state index in [1.54, 1.807) is 0 Å². The van der Waals surface area contributed by atoms with Crippen molar-refractivity contribution in [3.8, 4) is 17.0 Å². The van der Waals surface area contributed by atoms with Gasteiger partial charge in [0.05, 0.1) is 34.6 Å². The molecule has 3 heterocycles. The van der Waals surface area contributed by atoms with E-state index >= 15 is 0 Å². The first-order chi connectivity index (χ1) is 11.4. The van der Waals surface area contributed by atoms with Crippen molar-refractivity contribution in [1.82, 2.24) is 19.6 Å². The summed E-state index contributed by atoms with van der Waals surface area (Å²) in [5.74, 6) is 0.0346. The number of ether oxygens (including phenoxy) is 2. The summed E-state index contributed by atoms with van der Waals surface area (Å²) in [6, 6.07) is 1.50. The summed E-state index contributed by atoms with van der Waals surface area (Å²) < 4.78 is 10.6. The zero-order valence-corrected chi connectivity index (χ0v) is 14.8. The van der Waals surface area contributed by atoms with E-state index in [1.165, 1.54) is 30.1 Å². The van der Waals surface area contributed by atoms with Gasteiger partial charge in [0.25, 0.3) is 0 Å². The Hall–Kier alpha value is -1.80. The number of methoxy groups -OCH3 is 1. The van der Waals surface area contributed by atoms with Crippen molar-refractivity contribution in [3.05, 3.63) is 38.8 Å². The molecule has 0 radical (unpaired) electrons. The number of aromatic nitrogens is 4. The zero-order valence-electron chi connectivity index (χ0n) is 11.8. The third-order valence-electron chi connectivity index (χ3n) is 2.92. The number of carbonyl (C=O) groups excluding carboxylic acids is 1. The molecule has 0 saturated heterocycles. The normalized spacial score (nSPS) is 10.9. The molecule has 0 atom stereocenters. The fourth-order valence-electron chi connectivity index (χ4n) is 1.91. The number of halogens is 4. The third kappa shape index (κ3) is 2.95. The molecule has 7 nitrogen and oxygen atoms in total. The standard InChI is InChI=1S/C13H6Cl4N4O3/c1-23-13(22)24-7-4-19-21-11(17)8(10(16)20-12(7)21)9-6(15)2-5(14)3-18-9/h2-4H,1H3. The molecule has 24 heavy (non-hydrogen) atoms.